The van der Waals surface area contributed by atoms with Crippen LogP contribution in [0.25, 0.3) is 0 Å². The van der Waals surface area contributed by atoms with E-state index in [9.17, 15) is 9.18 Å². The number of nitrogens with two attached hydrogens (primary N) is 1. The van der Waals surface area contributed by atoms with Crippen molar-refractivity contribution in [2.45, 2.75) is 13.5 Å². The number of amides is 1. The van der Waals surface area contributed by atoms with Crippen LogP contribution >= 0.6 is 15.9 Å². The molecule has 0 aromatic heterocycles. The van der Waals surface area contributed by atoms with Crippen molar-refractivity contribution in [1.29, 1.82) is 0 Å². The van der Waals surface area contributed by atoms with Crippen molar-refractivity contribution in [3.63, 3.8) is 0 Å². The topological polar surface area (TPSA) is 55.1 Å². The molecule has 0 aliphatic heterocycles. The van der Waals surface area contributed by atoms with Crippen LogP contribution in [0.5, 0.6) is 0 Å². The lowest BCUT2D eigenvalue weighted by atomic mass is 10.1. The van der Waals surface area contributed by atoms with Crippen LogP contribution in [-0.4, -0.2) is 12.5 Å². The zero-order valence-electron chi connectivity index (χ0n) is 8.97. The summed E-state index contributed by atoms with van der Waals surface area (Å²) in [5, 5.41) is 3.05. The van der Waals surface area contributed by atoms with Gasteiger partial charge in [-0.05, 0) is 23.8 Å². The predicted molar refractivity (Wildman–Crippen MR) is 64.2 cm³/mol. The Kier molecular flexibility index (Phi) is 4.89. The molecule has 0 radical (unpaired) electrons. The molecular weight excluding hydrogens is 275 g/mol. The summed E-state index contributed by atoms with van der Waals surface area (Å²) >= 11 is 3.33. The monoisotopic (exact) mass is 288 g/mol. The first-order valence-corrected chi connectivity index (χ1v) is 5.74. The predicted octanol–water partition coefficient (Wildman–Crippen LogP) is 1.80. The molecule has 1 amide bonds. The Morgan fingerprint density at radius 2 is 2.31 bits per heavy atom. The normalized spacial score (nSPS) is 12.4. The Bertz CT molecular complexity index is 384. The lowest BCUT2D eigenvalue weighted by Crippen LogP contribution is -2.30. The molecule has 88 valence electrons. The molecular formula is C11H14BrFN2O. The highest BCUT2D eigenvalue weighted by molar-refractivity contribution is 9.10. The third kappa shape index (κ3) is 3.90. The highest BCUT2D eigenvalue weighted by atomic mass is 79.9. The van der Waals surface area contributed by atoms with Crippen molar-refractivity contribution in [3.8, 4) is 0 Å². The van der Waals surface area contributed by atoms with E-state index in [1.165, 1.54) is 12.1 Å². The van der Waals surface area contributed by atoms with Crippen molar-refractivity contribution in [3.05, 3.63) is 34.1 Å². The van der Waals surface area contributed by atoms with Gasteiger partial charge in [-0.15, -0.1) is 0 Å². The molecule has 5 heteroatoms. The third-order valence-corrected chi connectivity index (χ3v) is 3.03. The Morgan fingerprint density at radius 3 is 2.94 bits per heavy atom. The van der Waals surface area contributed by atoms with Crippen LogP contribution in [0.1, 0.15) is 12.5 Å². The van der Waals surface area contributed by atoms with Gasteiger partial charge in [0.1, 0.15) is 5.82 Å². The van der Waals surface area contributed by atoms with E-state index in [2.05, 4.69) is 21.2 Å². The summed E-state index contributed by atoms with van der Waals surface area (Å²) in [6, 6.07) is 4.50. The van der Waals surface area contributed by atoms with Crippen molar-refractivity contribution < 1.29 is 9.18 Å². The summed E-state index contributed by atoms with van der Waals surface area (Å²) in [6.45, 7) is 2.73. The molecule has 16 heavy (non-hydrogen) atoms. The maximum atomic E-state index is 12.9. The molecule has 3 N–H and O–H groups in total. The van der Waals surface area contributed by atoms with Crippen LogP contribution in [0.15, 0.2) is 22.7 Å². The SMILES string of the molecule is CC(CNCc1cc(F)ccc1Br)C(N)=O. The zero-order valence-corrected chi connectivity index (χ0v) is 10.6. The van der Waals surface area contributed by atoms with Gasteiger partial charge >= 0.3 is 0 Å². The number of primary amides is 1. The van der Waals surface area contributed by atoms with Gasteiger partial charge in [0, 0.05) is 23.5 Å². The molecule has 0 saturated heterocycles. The van der Waals surface area contributed by atoms with Crippen LogP contribution in [-0.2, 0) is 11.3 Å². The quantitative estimate of drug-likeness (QED) is 0.868. The molecule has 1 aromatic rings. The lowest BCUT2D eigenvalue weighted by Gasteiger charge is -2.10. The van der Waals surface area contributed by atoms with Gasteiger partial charge in [0.25, 0.3) is 0 Å². The van der Waals surface area contributed by atoms with Crippen molar-refractivity contribution in [2.75, 3.05) is 6.54 Å². The number of hydrogen-bond acceptors (Lipinski definition) is 2. The maximum Gasteiger partial charge on any atom is 0.221 e. The van der Waals surface area contributed by atoms with Gasteiger partial charge in [0.2, 0.25) is 5.91 Å². The molecule has 0 fully saturated rings. The van der Waals surface area contributed by atoms with E-state index in [0.29, 0.717) is 13.1 Å². The summed E-state index contributed by atoms with van der Waals surface area (Å²) in [4.78, 5) is 10.8. The largest absolute Gasteiger partial charge is 0.369 e. The summed E-state index contributed by atoms with van der Waals surface area (Å²) in [7, 11) is 0. The number of benzene rings is 1. The number of carbonyl (C=O) groups is 1. The number of halogens is 2. The summed E-state index contributed by atoms with van der Waals surface area (Å²) < 4.78 is 13.8. The second kappa shape index (κ2) is 5.96. The Hall–Kier alpha value is -0.940. The number of carbonyl (C=O) groups excluding carboxylic acids is 1. The van der Waals surface area contributed by atoms with Gasteiger partial charge < -0.3 is 11.1 Å². The molecule has 0 aliphatic rings. The fraction of sp³-hybridized carbons (Fsp3) is 0.364. The van der Waals surface area contributed by atoms with E-state index in [0.717, 1.165) is 10.0 Å². The highest BCUT2D eigenvalue weighted by Crippen LogP contribution is 2.17. The molecule has 0 saturated carbocycles. The zero-order chi connectivity index (χ0) is 12.1. The van der Waals surface area contributed by atoms with Gasteiger partial charge in [-0.25, -0.2) is 4.39 Å². The van der Waals surface area contributed by atoms with Gasteiger partial charge in [-0.2, -0.15) is 0 Å². The van der Waals surface area contributed by atoms with Crippen molar-refractivity contribution in [2.24, 2.45) is 11.7 Å². The van der Waals surface area contributed by atoms with Crippen molar-refractivity contribution >= 4 is 21.8 Å². The second-order valence-electron chi connectivity index (χ2n) is 3.67. The van der Waals surface area contributed by atoms with Gasteiger partial charge in [-0.1, -0.05) is 22.9 Å². The molecule has 1 aromatic carbocycles. The maximum absolute atomic E-state index is 12.9. The summed E-state index contributed by atoms with van der Waals surface area (Å²) in [5.41, 5.74) is 5.94. The minimum atomic E-state index is -0.342. The van der Waals surface area contributed by atoms with Crippen LogP contribution in [0, 0.1) is 11.7 Å². The number of rotatable bonds is 5. The molecule has 0 heterocycles. The Labute approximate surface area is 102 Å². The molecule has 0 aliphatic carbocycles. The summed E-state index contributed by atoms with van der Waals surface area (Å²) in [5.74, 6) is -0.846. The molecule has 1 rings (SSSR count). The smallest absolute Gasteiger partial charge is 0.221 e. The molecule has 1 unspecified atom stereocenters. The molecule has 1 atom stereocenters. The fourth-order valence-electron chi connectivity index (χ4n) is 1.20. The van der Waals surface area contributed by atoms with Crippen LogP contribution in [0.2, 0.25) is 0 Å². The van der Waals surface area contributed by atoms with E-state index in [1.54, 1.807) is 13.0 Å². The first-order valence-electron chi connectivity index (χ1n) is 4.94. The highest BCUT2D eigenvalue weighted by Gasteiger charge is 2.08. The minimum Gasteiger partial charge on any atom is -0.369 e. The minimum absolute atomic E-state index is 0.229. The standard InChI is InChI=1S/C11H14BrFN2O/c1-7(11(14)16)5-15-6-8-4-9(13)2-3-10(8)12/h2-4,7,15H,5-6H2,1H3,(H2,14,16). The van der Waals surface area contributed by atoms with Crippen LogP contribution in [0.3, 0.4) is 0 Å². The molecule has 3 nitrogen and oxygen atoms in total. The average molecular weight is 289 g/mol. The van der Waals surface area contributed by atoms with Crippen LogP contribution in [0.4, 0.5) is 4.39 Å². The van der Waals surface area contributed by atoms with E-state index in [4.69, 9.17) is 5.73 Å². The first kappa shape index (κ1) is 13.1. The van der Waals surface area contributed by atoms with E-state index in [1.807, 2.05) is 0 Å². The third-order valence-electron chi connectivity index (χ3n) is 2.26. The van der Waals surface area contributed by atoms with Gasteiger partial charge in [0.15, 0.2) is 0 Å². The summed E-state index contributed by atoms with van der Waals surface area (Å²) in [6.07, 6.45) is 0. The fourth-order valence-corrected chi connectivity index (χ4v) is 1.59. The molecule has 0 spiro atoms. The van der Waals surface area contributed by atoms with E-state index < -0.39 is 0 Å². The Balaban J connectivity index is 2.48. The lowest BCUT2D eigenvalue weighted by molar-refractivity contribution is -0.121. The van der Waals surface area contributed by atoms with Gasteiger partial charge in [-0.3, -0.25) is 4.79 Å². The Morgan fingerprint density at radius 1 is 1.62 bits per heavy atom. The van der Waals surface area contributed by atoms with E-state index >= 15 is 0 Å². The first-order chi connectivity index (χ1) is 7.50. The second-order valence-corrected chi connectivity index (χ2v) is 4.52. The molecule has 0 bridgehead atoms. The number of hydrogen-bond donors (Lipinski definition) is 2. The number of nitrogens with one attached hydrogen (secondary N) is 1. The average Bonchev–Trinajstić information content (AvgIpc) is 2.22. The van der Waals surface area contributed by atoms with Crippen LogP contribution < -0.4 is 11.1 Å². The van der Waals surface area contributed by atoms with E-state index in [-0.39, 0.29) is 17.6 Å². The van der Waals surface area contributed by atoms with Crippen molar-refractivity contribution in [1.82, 2.24) is 5.32 Å². The van der Waals surface area contributed by atoms with Gasteiger partial charge in [0.05, 0.1) is 0 Å².